The van der Waals surface area contributed by atoms with Crippen LogP contribution in [0.2, 0.25) is 0 Å². The highest BCUT2D eigenvalue weighted by molar-refractivity contribution is 5.66. The van der Waals surface area contributed by atoms with Gasteiger partial charge in [0, 0.05) is 18.1 Å². The fraction of sp³-hybridized carbons (Fsp3) is 0.900. The SMILES string of the molecule is CC(C)[C@H](N)CN(C(=O)O)C(C)(C)C. The summed E-state index contributed by atoms with van der Waals surface area (Å²) < 4.78 is 0. The number of nitrogens with two attached hydrogens (primary N) is 1. The van der Waals surface area contributed by atoms with Crippen LogP contribution in [-0.2, 0) is 0 Å². The number of hydrogen-bond acceptors (Lipinski definition) is 2. The Balaban J connectivity index is 4.48. The van der Waals surface area contributed by atoms with Crippen LogP contribution in [0.25, 0.3) is 0 Å². The van der Waals surface area contributed by atoms with Crippen molar-refractivity contribution < 1.29 is 9.90 Å². The van der Waals surface area contributed by atoms with Crippen molar-refractivity contribution in [1.82, 2.24) is 4.90 Å². The van der Waals surface area contributed by atoms with Gasteiger partial charge in [0.1, 0.15) is 0 Å². The molecule has 0 fully saturated rings. The third kappa shape index (κ3) is 3.96. The third-order valence-corrected chi connectivity index (χ3v) is 2.29. The third-order valence-electron chi connectivity index (χ3n) is 2.29. The average Bonchev–Trinajstić information content (AvgIpc) is 1.96. The second-order valence-corrected chi connectivity index (χ2v) is 4.97. The zero-order valence-electron chi connectivity index (χ0n) is 9.74. The maximum atomic E-state index is 11.0. The largest absolute Gasteiger partial charge is 0.465 e. The quantitative estimate of drug-likeness (QED) is 0.732. The minimum Gasteiger partial charge on any atom is -0.465 e. The Kier molecular flexibility index (Phi) is 4.39. The number of carboxylic acid groups (broad SMARTS) is 1. The molecule has 14 heavy (non-hydrogen) atoms. The van der Waals surface area contributed by atoms with Crippen LogP contribution < -0.4 is 5.73 Å². The van der Waals surface area contributed by atoms with Crippen LogP contribution in [0.3, 0.4) is 0 Å². The number of rotatable bonds is 3. The van der Waals surface area contributed by atoms with Crippen molar-refractivity contribution in [2.75, 3.05) is 6.54 Å². The molecule has 0 rings (SSSR count). The lowest BCUT2D eigenvalue weighted by atomic mass is 10.0. The first-order chi connectivity index (χ1) is 6.16. The maximum absolute atomic E-state index is 11.0. The Morgan fingerprint density at radius 3 is 2.07 bits per heavy atom. The molecule has 0 aromatic carbocycles. The van der Waals surface area contributed by atoms with E-state index in [1.807, 2.05) is 34.6 Å². The fourth-order valence-electron chi connectivity index (χ4n) is 1.06. The van der Waals surface area contributed by atoms with Crippen LogP contribution in [-0.4, -0.2) is 34.2 Å². The summed E-state index contributed by atoms with van der Waals surface area (Å²) in [7, 11) is 0. The molecule has 84 valence electrons. The Labute approximate surface area is 86.1 Å². The van der Waals surface area contributed by atoms with Crippen LogP contribution in [0, 0.1) is 5.92 Å². The summed E-state index contributed by atoms with van der Waals surface area (Å²) in [4.78, 5) is 12.4. The molecular formula is C10H22N2O2. The van der Waals surface area contributed by atoms with E-state index in [2.05, 4.69) is 0 Å². The normalized spacial score (nSPS) is 14.2. The van der Waals surface area contributed by atoms with Crippen LogP contribution in [0.1, 0.15) is 34.6 Å². The zero-order valence-corrected chi connectivity index (χ0v) is 9.74. The van der Waals surface area contributed by atoms with Crippen LogP contribution in [0.15, 0.2) is 0 Å². The summed E-state index contributed by atoms with van der Waals surface area (Å²) >= 11 is 0. The van der Waals surface area contributed by atoms with Gasteiger partial charge in [-0.1, -0.05) is 13.8 Å². The van der Waals surface area contributed by atoms with Crippen molar-refractivity contribution in [3.05, 3.63) is 0 Å². The lowest BCUT2D eigenvalue weighted by Crippen LogP contribution is -2.51. The Morgan fingerprint density at radius 1 is 1.43 bits per heavy atom. The lowest BCUT2D eigenvalue weighted by molar-refractivity contribution is 0.0925. The minimum absolute atomic E-state index is 0.106. The topological polar surface area (TPSA) is 66.6 Å². The van der Waals surface area contributed by atoms with E-state index in [-0.39, 0.29) is 6.04 Å². The van der Waals surface area contributed by atoms with Crippen molar-refractivity contribution >= 4 is 6.09 Å². The Bertz CT molecular complexity index is 197. The summed E-state index contributed by atoms with van der Waals surface area (Å²) in [6.45, 7) is 9.98. The Hall–Kier alpha value is -0.770. The van der Waals surface area contributed by atoms with Crippen molar-refractivity contribution in [1.29, 1.82) is 0 Å². The first-order valence-electron chi connectivity index (χ1n) is 4.92. The molecule has 4 nitrogen and oxygen atoms in total. The molecule has 0 unspecified atom stereocenters. The summed E-state index contributed by atoms with van der Waals surface area (Å²) in [6, 6.07) is -0.106. The lowest BCUT2D eigenvalue weighted by Gasteiger charge is -2.35. The van der Waals surface area contributed by atoms with Gasteiger partial charge in [0.15, 0.2) is 0 Å². The van der Waals surface area contributed by atoms with Crippen molar-refractivity contribution in [2.45, 2.75) is 46.2 Å². The highest BCUT2D eigenvalue weighted by Crippen LogP contribution is 2.15. The molecule has 0 aromatic heterocycles. The molecule has 0 aromatic rings. The van der Waals surface area contributed by atoms with Gasteiger partial charge in [-0.3, -0.25) is 0 Å². The Morgan fingerprint density at radius 2 is 1.86 bits per heavy atom. The molecule has 1 atom stereocenters. The van der Waals surface area contributed by atoms with Gasteiger partial charge in [-0.25, -0.2) is 4.79 Å². The van der Waals surface area contributed by atoms with Gasteiger partial charge in [-0.05, 0) is 26.7 Å². The molecule has 0 bridgehead atoms. The van der Waals surface area contributed by atoms with Gasteiger partial charge in [0.25, 0.3) is 0 Å². The second-order valence-electron chi connectivity index (χ2n) is 4.97. The molecule has 0 spiro atoms. The first kappa shape index (κ1) is 13.2. The predicted octanol–water partition coefficient (Wildman–Crippen LogP) is 1.75. The molecule has 4 heteroatoms. The maximum Gasteiger partial charge on any atom is 0.407 e. The number of amides is 1. The predicted molar refractivity (Wildman–Crippen MR) is 57.3 cm³/mol. The van der Waals surface area contributed by atoms with Gasteiger partial charge in [-0.15, -0.1) is 0 Å². The van der Waals surface area contributed by atoms with Gasteiger partial charge in [0.2, 0.25) is 0 Å². The van der Waals surface area contributed by atoms with Crippen molar-refractivity contribution in [3.8, 4) is 0 Å². The van der Waals surface area contributed by atoms with Gasteiger partial charge < -0.3 is 15.7 Å². The monoisotopic (exact) mass is 202 g/mol. The minimum atomic E-state index is -0.909. The average molecular weight is 202 g/mol. The van der Waals surface area contributed by atoms with E-state index in [0.717, 1.165) is 0 Å². The molecule has 0 aliphatic rings. The number of carbonyl (C=O) groups is 1. The van der Waals surface area contributed by atoms with Gasteiger partial charge >= 0.3 is 6.09 Å². The van der Waals surface area contributed by atoms with E-state index in [1.54, 1.807) is 0 Å². The molecular weight excluding hydrogens is 180 g/mol. The van der Waals surface area contributed by atoms with Crippen LogP contribution in [0.5, 0.6) is 0 Å². The summed E-state index contributed by atoms with van der Waals surface area (Å²) in [5.41, 5.74) is 5.46. The van der Waals surface area contributed by atoms with Crippen molar-refractivity contribution in [3.63, 3.8) is 0 Å². The summed E-state index contributed by atoms with van der Waals surface area (Å²) in [5, 5.41) is 9.01. The van der Waals surface area contributed by atoms with Crippen molar-refractivity contribution in [2.24, 2.45) is 11.7 Å². The second kappa shape index (κ2) is 4.64. The number of hydrogen-bond donors (Lipinski definition) is 2. The fourth-order valence-corrected chi connectivity index (χ4v) is 1.06. The van der Waals surface area contributed by atoms with Gasteiger partial charge in [0.05, 0.1) is 0 Å². The molecule has 0 saturated heterocycles. The highest BCUT2D eigenvalue weighted by Gasteiger charge is 2.28. The molecule has 0 aliphatic carbocycles. The van der Waals surface area contributed by atoms with E-state index < -0.39 is 11.6 Å². The smallest absolute Gasteiger partial charge is 0.407 e. The van der Waals surface area contributed by atoms with Crippen LogP contribution in [0.4, 0.5) is 4.79 Å². The molecule has 0 saturated carbocycles. The molecule has 0 heterocycles. The van der Waals surface area contributed by atoms with E-state index in [1.165, 1.54) is 4.90 Å². The highest BCUT2D eigenvalue weighted by atomic mass is 16.4. The summed E-state index contributed by atoms with van der Waals surface area (Å²) in [6.07, 6.45) is -0.909. The molecule has 0 radical (unpaired) electrons. The molecule has 3 N–H and O–H groups in total. The van der Waals surface area contributed by atoms with Gasteiger partial charge in [-0.2, -0.15) is 0 Å². The van der Waals surface area contributed by atoms with E-state index >= 15 is 0 Å². The van der Waals surface area contributed by atoms with E-state index in [4.69, 9.17) is 10.8 Å². The van der Waals surface area contributed by atoms with E-state index in [0.29, 0.717) is 12.5 Å². The number of nitrogens with zero attached hydrogens (tertiary/aromatic N) is 1. The van der Waals surface area contributed by atoms with Crippen LogP contribution >= 0.6 is 0 Å². The first-order valence-corrected chi connectivity index (χ1v) is 4.92. The molecule has 1 amide bonds. The van der Waals surface area contributed by atoms with E-state index in [9.17, 15) is 4.79 Å². The molecule has 0 aliphatic heterocycles. The standard InChI is InChI=1S/C10H22N2O2/c1-7(2)8(11)6-12(9(13)14)10(3,4)5/h7-8H,6,11H2,1-5H3,(H,13,14)/t8-/m1/s1. The zero-order chi connectivity index (χ0) is 11.5. The summed E-state index contributed by atoms with van der Waals surface area (Å²) in [5.74, 6) is 0.291.